The lowest BCUT2D eigenvalue weighted by Gasteiger charge is -2.28. The number of benzene rings is 2. The third-order valence-electron chi connectivity index (χ3n) is 3.90. The van der Waals surface area contributed by atoms with Gasteiger partial charge < -0.3 is 15.0 Å². The minimum atomic E-state index is -0.675. The number of carbonyl (C=O) groups is 2. The molecule has 8 heteroatoms. The molecule has 1 atom stereocenters. The molecule has 0 radical (unpaired) electrons. The second-order valence-corrected chi connectivity index (χ2v) is 7.56. The Kier molecular flexibility index (Phi) is 7.95. The van der Waals surface area contributed by atoms with Crippen LogP contribution in [0.25, 0.3) is 0 Å². The maximum Gasteiger partial charge on any atom is 0.261 e. The Morgan fingerprint density at radius 3 is 2.59 bits per heavy atom. The van der Waals surface area contributed by atoms with Gasteiger partial charge in [-0.25, -0.2) is 0 Å². The number of hydrogen-bond acceptors (Lipinski definition) is 3. The summed E-state index contributed by atoms with van der Waals surface area (Å²) < 4.78 is 6.37. The molecule has 2 amide bonds. The molecular weight excluding hydrogens is 455 g/mol. The number of nitrogens with zero attached hydrogens (tertiary/aromatic N) is 1. The fraction of sp³-hybridized carbons (Fsp3) is 0.263. The second kappa shape index (κ2) is 9.97. The predicted octanol–water partition coefficient (Wildman–Crippen LogP) is 4.30. The van der Waals surface area contributed by atoms with Crippen LogP contribution in [0.2, 0.25) is 10.0 Å². The van der Waals surface area contributed by atoms with E-state index in [1.54, 1.807) is 43.3 Å². The van der Waals surface area contributed by atoms with Crippen molar-refractivity contribution in [2.75, 3.05) is 13.7 Å². The number of nitrogens with one attached hydrogen (secondary N) is 1. The Morgan fingerprint density at radius 2 is 1.96 bits per heavy atom. The monoisotopic (exact) mass is 472 g/mol. The van der Waals surface area contributed by atoms with E-state index in [1.165, 1.54) is 11.9 Å². The average Bonchev–Trinajstić information content (AvgIpc) is 2.64. The van der Waals surface area contributed by atoms with Crippen molar-refractivity contribution in [3.63, 3.8) is 0 Å². The van der Waals surface area contributed by atoms with Gasteiger partial charge in [0.1, 0.15) is 11.8 Å². The van der Waals surface area contributed by atoms with Crippen molar-refractivity contribution in [3.8, 4) is 5.75 Å². The minimum Gasteiger partial charge on any atom is -0.482 e. The lowest BCUT2D eigenvalue weighted by molar-refractivity contribution is -0.142. The molecule has 0 aliphatic rings. The van der Waals surface area contributed by atoms with Crippen molar-refractivity contribution in [2.24, 2.45) is 0 Å². The summed E-state index contributed by atoms with van der Waals surface area (Å²) in [5.41, 5.74) is 0.813. The van der Waals surface area contributed by atoms with Crippen LogP contribution < -0.4 is 10.1 Å². The molecule has 27 heavy (non-hydrogen) atoms. The van der Waals surface area contributed by atoms with Gasteiger partial charge in [-0.2, -0.15) is 0 Å². The number of hydrogen-bond donors (Lipinski definition) is 1. The van der Waals surface area contributed by atoms with E-state index in [1.807, 2.05) is 6.07 Å². The fourth-order valence-corrected chi connectivity index (χ4v) is 3.38. The molecule has 144 valence electrons. The van der Waals surface area contributed by atoms with Crippen molar-refractivity contribution in [1.82, 2.24) is 10.2 Å². The highest BCUT2D eigenvalue weighted by Crippen LogP contribution is 2.27. The molecule has 0 aromatic heterocycles. The molecule has 0 unspecified atom stereocenters. The number of amides is 2. The number of halogens is 3. The molecule has 0 spiro atoms. The largest absolute Gasteiger partial charge is 0.482 e. The zero-order chi connectivity index (χ0) is 20.0. The van der Waals surface area contributed by atoms with E-state index in [9.17, 15) is 9.59 Å². The molecule has 0 fully saturated rings. The zero-order valence-electron chi connectivity index (χ0n) is 14.8. The van der Waals surface area contributed by atoms with Gasteiger partial charge in [0, 0.05) is 23.1 Å². The van der Waals surface area contributed by atoms with Crippen LogP contribution in [0, 0.1) is 0 Å². The molecule has 0 heterocycles. The second-order valence-electron chi connectivity index (χ2n) is 5.81. The van der Waals surface area contributed by atoms with Crippen molar-refractivity contribution in [2.45, 2.75) is 19.5 Å². The molecule has 0 aliphatic carbocycles. The maximum atomic E-state index is 12.8. The highest BCUT2D eigenvalue weighted by atomic mass is 79.9. The quantitative estimate of drug-likeness (QED) is 0.652. The third-order valence-corrected chi connectivity index (χ3v) is 4.92. The molecule has 2 rings (SSSR count). The summed E-state index contributed by atoms with van der Waals surface area (Å²) in [6, 6.07) is 11.6. The number of carbonyl (C=O) groups excluding carboxylic acids is 2. The van der Waals surface area contributed by atoms with E-state index in [-0.39, 0.29) is 25.0 Å². The van der Waals surface area contributed by atoms with E-state index in [2.05, 4.69) is 21.2 Å². The van der Waals surface area contributed by atoms with Crippen molar-refractivity contribution >= 4 is 50.9 Å². The lowest BCUT2D eigenvalue weighted by atomic mass is 10.1. The Morgan fingerprint density at radius 1 is 1.22 bits per heavy atom. The molecular formula is C19H19BrCl2N2O3. The molecule has 2 aromatic rings. The van der Waals surface area contributed by atoms with E-state index in [4.69, 9.17) is 27.9 Å². The smallest absolute Gasteiger partial charge is 0.261 e. The van der Waals surface area contributed by atoms with E-state index >= 15 is 0 Å². The van der Waals surface area contributed by atoms with Crippen LogP contribution >= 0.6 is 39.1 Å². The van der Waals surface area contributed by atoms with Gasteiger partial charge in [0.05, 0.1) is 5.02 Å². The maximum absolute atomic E-state index is 12.8. The van der Waals surface area contributed by atoms with E-state index in [0.717, 1.165) is 10.0 Å². The van der Waals surface area contributed by atoms with Crippen molar-refractivity contribution in [3.05, 3.63) is 62.5 Å². The first-order valence-electron chi connectivity index (χ1n) is 8.15. The lowest BCUT2D eigenvalue weighted by Crippen LogP contribution is -2.48. The summed E-state index contributed by atoms with van der Waals surface area (Å²) >= 11 is 15.5. The van der Waals surface area contributed by atoms with Gasteiger partial charge in [-0.15, -0.1) is 0 Å². The first-order valence-corrected chi connectivity index (χ1v) is 9.70. The molecule has 2 aromatic carbocycles. The van der Waals surface area contributed by atoms with Crippen LogP contribution in [0.1, 0.15) is 12.5 Å². The average molecular weight is 474 g/mol. The van der Waals surface area contributed by atoms with Crippen LogP contribution in [0.4, 0.5) is 0 Å². The van der Waals surface area contributed by atoms with Gasteiger partial charge in [0.25, 0.3) is 5.91 Å². The van der Waals surface area contributed by atoms with E-state index < -0.39 is 6.04 Å². The molecule has 1 N–H and O–H groups in total. The van der Waals surface area contributed by atoms with Gasteiger partial charge >= 0.3 is 0 Å². The SMILES string of the molecule is CNC(=O)[C@@H](C)N(Cc1cccc(Cl)c1)C(=O)COc1ccc(Br)cc1Cl. The highest BCUT2D eigenvalue weighted by Gasteiger charge is 2.26. The molecule has 0 bridgehead atoms. The Labute approximate surface area is 176 Å². The summed E-state index contributed by atoms with van der Waals surface area (Å²) in [5.74, 6) is -0.222. The van der Waals surface area contributed by atoms with Crippen LogP contribution in [-0.4, -0.2) is 36.4 Å². The van der Waals surface area contributed by atoms with Gasteiger partial charge in [0.15, 0.2) is 6.61 Å². The van der Waals surface area contributed by atoms with Gasteiger partial charge in [-0.05, 0) is 42.8 Å². The Balaban J connectivity index is 2.15. The van der Waals surface area contributed by atoms with Crippen molar-refractivity contribution in [1.29, 1.82) is 0 Å². The summed E-state index contributed by atoms with van der Waals surface area (Å²) in [6.07, 6.45) is 0. The standard InChI is InChI=1S/C19H19BrCl2N2O3/c1-12(19(26)23-2)24(10-13-4-3-5-15(21)8-13)18(25)11-27-17-7-6-14(20)9-16(17)22/h3-9,12H,10-11H2,1-2H3,(H,23,26)/t12-/m1/s1. The zero-order valence-corrected chi connectivity index (χ0v) is 17.9. The summed E-state index contributed by atoms with van der Waals surface area (Å²) in [7, 11) is 1.53. The minimum absolute atomic E-state index is 0.228. The molecule has 0 aliphatic heterocycles. The predicted molar refractivity (Wildman–Crippen MR) is 110 cm³/mol. The summed E-state index contributed by atoms with van der Waals surface area (Å²) in [6.45, 7) is 1.64. The first-order chi connectivity index (χ1) is 12.8. The topological polar surface area (TPSA) is 58.6 Å². The molecule has 0 saturated carbocycles. The van der Waals surface area contributed by atoms with Crippen LogP contribution in [0.5, 0.6) is 5.75 Å². The fourth-order valence-electron chi connectivity index (χ4n) is 2.44. The molecule has 0 saturated heterocycles. The third kappa shape index (κ3) is 6.13. The summed E-state index contributed by atoms with van der Waals surface area (Å²) in [5, 5.41) is 3.51. The van der Waals surface area contributed by atoms with Crippen LogP contribution in [-0.2, 0) is 16.1 Å². The van der Waals surface area contributed by atoms with Crippen molar-refractivity contribution < 1.29 is 14.3 Å². The Bertz CT molecular complexity index is 832. The van der Waals surface area contributed by atoms with Gasteiger partial charge in [0.2, 0.25) is 5.91 Å². The van der Waals surface area contributed by atoms with Gasteiger partial charge in [-0.1, -0.05) is 51.3 Å². The van der Waals surface area contributed by atoms with E-state index in [0.29, 0.717) is 15.8 Å². The number of ether oxygens (including phenoxy) is 1. The highest BCUT2D eigenvalue weighted by molar-refractivity contribution is 9.10. The first kappa shape index (κ1) is 21.5. The number of rotatable bonds is 7. The van der Waals surface area contributed by atoms with Crippen LogP contribution in [0.3, 0.4) is 0 Å². The summed E-state index contributed by atoms with van der Waals surface area (Å²) in [4.78, 5) is 26.3. The number of likely N-dealkylation sites (N-methyl/N-ethyl adjacent to an activating group) is 1. The Hall–Kier alpha value is -1.76. The normalized spacial score (nSPS) is 11.6. The van der Waals surface area contributed by atoms with Gasteiger partial charge in [-0.3, -0.25) is 9.59 Å². The molecule has 5 nitrogen and oxygen atoms in total. The van der Waals surface area contributed by atoms with Crippen LogP contribution in [0.15, 0.2) is 46.9 Å².